The highest BCUT2D eigenvalue weighted by Crippen LogP contribution is 2.38. The molecule has 1 aromatic carbocycles. The lowest BCUT2D eigenvalue weighted by molar-refractivity contribution is 0.0746. The first-order chi connectivity index (χ1) is 11.7. The lowest BCUT2D eigenvalue weighted by Crippen LogP contribution is -2.49. The Morgan fingerprint density at radius 2 is 1.67 bits per heavy atom. The number of rotatable bonds is 3. The molecule has 0 spiro atoms. The molecule has 0 N–H and O–H groups in total. The van der Waals surface area contributed by atoms with Crippen molar-refractivity contribution in [2.24, 2.45) is 0 Å². The number of aromatic nitrogens is 2. The number of carbonyl (C=O) groups excluding carboxylic acids is 1. The first kappa shape index (κ1) is 15.6. The fraction of sp³-hybridized carbons (Fsp3) is 0.389. The Bertz CT molecular complexity index is 720. The van der Waals surface area contributed by atoms with Gasteiger partial charge in [0.2, 0.25) is 0 Å². The summed E-state index contributed by atoms with van der Waals surface area (Å²) in [4.78, 5) is 16.7. The molecule has 0 unspecified atom stereocenters. The summed E-state index contributed by atoms with van der Waals surface area (Å²) in [7, 11) is 0. The molecular weight excluding hydrogens is 368 g/mol. The van der Waals surface area contributed by atoms with Gasteiger partial charge in [0.1, 0.15) is 0 Å². The van der Waals surface area contributed by atoms with Crippen molar-refractivity contribution in [3.05, 3.63) is 52.1 Å². The molecule has 2 aliphatic rings. The number of amides is 1. The van der Waals surface area contributed by atoms with Crippen LogP contribution in [0.5, 0.6) is 0 Å². The third-order valence-corrected chi connectivity index (χ3v) is 5.18. The molecule has 1 amide bonds. The molecule has 1 saturated heterocycles. The molecule has 1 saturated carbocycles. The fourth-order valence-corrected chi connectivity index (χ4v) is 3.28. The van der Waals surface area contributed by atoms with Crippen molar-refractivity contribution < 1.29 is 4.79 Å². The van der Waals surface area contributed by atoms with Gasteiger partial charge in [-0.05, 0) is 49.2 Å². The van der Waals surface area contributed by atoms with Crippen LogP contribution in [0, 0.1) is 0 Å². The van der Waals surface area contributed by atoms with E-state index in [4.69, 9.17) is 0 Å². The number of piperazine rings is 1. The summed E-state index contributed by atoms with van der Waals surface area (Å²) in [6.45, 7) is 3.00. The second-order valence-electron chi connectivity index (χ2n) is 6.38. The maximum absolute atomic E-state index is 12.5. The van der Waals surface area contributed by atoms with Gasteiger partial charge in [-0.3, -0.25) is 4.79 Å². The van der Waals surface area contributed by atoms with Crippen molar-refractivity contribution in [1.82, 2.24) is 15.1 Å². The van der Waals surface area contributed by atoms with E-state index < -0.39 is 0 Å². The zero-order valence-corrected chi connectivity index (χ0v) is 14.9. The molecule has 1 aromatic heterocycles. The van der Waals surface area contributed by atoms with Gasteiger partial charge in [-0.2, -0.15) is 5.10 Å². The molecule has 4 rings (SSSR count). The van der Waals surface area contributed by atoms with Gasteiger partial charge in [0.05, 0.1) is 5.69 Å². The third-order valence-electron chi connectivity index (χ3n) is 4.65. The average molecular weight is 387 g/mol. The summed E-state index contributed by atoms with van der Waals surface area (Å²) in [6.07, 6.45) is 2.48. The number of halogens is 1. The van der Waals surface area contributed by atoms with Crippen molar-refractivity contribution in [2.45, 2.75) is 18.8 Å². The number of hydrogen-bond acceptors (Lipinski definition) is 4. The van der Waals surface area contributed by atoms with Gasteiger partial charge >= 0.3 is 0 Å². The van der Waals surface area contributed by atoms with Crippen LogP contribution in [0.15, 0.2) is 40.9 Å². The van der Waals surface area contributed by atoms with E-state index >= 15 is 0 Å². The molecule has 24 heavy (non-hydrogen) atoms. The van der Waals surface area contributed by atoms with Crippen LogP contribution in [0.2, 0.25) is 0 Å². The van der Waals surface area contributed by atoms with E-state index in [0.29, 0.717) is 19.0 Å². The molecule has 2 heterocycles. The van der Waals surface area contributed by atoms with Crippen molar-refractivity contribution in [3.8, 4) is 0 Å². The number of nitrogens with zero attached hydrogens (tertiary/aromatic N) is 4. The van der Waals surface area contributed by atoms with Crippen LogP contribution in [-0.4, -0.2) is 47.2 Å². The second-order valence-corrected chi connectivity index (χ2v) is 7.29. The quantitative estimate of drug-likeness (QED) is 0.812. The van der Waals surface area contributed by atoms with Gasteiger partial charge in [0.25, 0.3) is 5.91 Å². The minimum Gasteiger partial charge on any atom is -0.352 e. The Balaban J connectivity index is 1.37. The largest absolute Gasteiger partial charge is 0.352 e. The van der Waals surface area contributed by atoms with Gasteiger partial charge in [0.15, 0.2) is 5.82 Å². The molecular formula is C18H19BrN4O. The van der Waals surface area contributed by atoms with Crippen LogP contribution in [-0.2, 0) is 0 Å². The summed E-state index contributed by atoms with van der Waals surface area (Å²) >= 11 is 3.40. The van der Waals surface area contributed by atoms with Gasteiger partial charge in [0, 0.05) is 42.1 Å². The molecule has 5 nitrogen and oxygen atoms in total. The molecule has 0 atom stereocenters. The fourth-order valence-electron chi connectivity index (χ4n) is 3.01. The van der Waals surface area contributed by atoms with Crippen molar-refractivity contribution >= 4 is 27.7 Å². The van der Waals surface area contributed by atoms with E-state index in [2.05, 4.69) is 43.2 Å². The van der Waals surface area contributed by atoms with Crippen LogP contribution in [0.1, 0.15) is 34.8 Å². The predicted octanol–water partition coefficient (Wildman–Crippen LogP) is 3.08. The van der Waals surface area contributed by atoms with Gasteiger partial charge in [-0.25, -0.2) is 0 Å². The summed E-state index contributed by atoms with van der Waals surface area (Å²) in [5.74, 6) is 1.64. The Morgan fingerprint density at radius 3 is 2.25 bits per heavy atom. The zero-order chi connectivity index (χ0) is 16.5. The Kier molecular flexibility index (Phi) is 4.22. The minimum atomic E-state index is 0.0947. The van der Waals surface area contributed by atoms with E-state index in [1.54, 1.807) is 0 Å². The van der Waals surface area contributed by atoms with E-state index in [1.807, 2.05) is 29.2 Å². The SMILES string of the molecule is O=C(c1ccc(Br)cc1)N1CCN(c2ccc(C3CC3)nn2)CC1. The number of hydrogen-bond donors (Lipinski definition) is 0. The first-order valence-corrected chi connectivity index (χ1v) is 9.13. The maximum Gasteiger partial charge on any atom is 0.253 e. The third kappa shape index (κ3) is 3.29. The lowest BCUT2D eigenvalue weighted by Gasteiger charge is -2.35. The summed E-state index contributed by atoms with van der Waals surface area (Å²) < 4.78 is 0.983. The number of carbonyl (C=O) groups is 1. The highest BCUT2D eigenvalue weighted by atomic mass is 79.9. The zero-order valence-electron chi connectivity index (χ0n) is 13.4. The average Bonchev–Trinajstić information content (AvgIpc) is 3.47. The van der Waals surface area contributed by atoms with Gasteiger partial charge in [-0.15, -0.1) is 5.10 Å². The van der Waals surface area contributed by atoms with Crippen LogP contribution < -0.4 is 4.90 Å². The summed E-state index contributed by atoms with van der Waals surface area (Å²) in [6, 6.07) is 11.7. The number of benzene rings is 1. The highest BCUT2D eigenvalue weighted by molar-refractivity contribution is 9.10. The molecule has 2 fully saturated rings. The van der Waals surface area contributed by atoms with Crippen molar-refractivity contribution in [3.63, 3.8) is 0 Å². The van der Waals surface area contributed by atoms with E-state index in [0.717, 1.165) is 34.6 Å². The smallest absolute Gasteiger partial charge is 0.253 e. The monoisotopic (exact) mass is 386 g/mol. The first-order valence-electron chi connectivity index (χ1n) is 8.34. The van der Waals surface area contributed by atoms with Crippen LogP contribution in [0.25, 0.3) is 0 Å². The Labute approximate surface area is 149 Å². The molecule has 1 aliphatic carbocycles. The summed E-state index contributed by atoms with van der Waals surface area (Å²) in [5.41, 5.74) is 1.85. The molecule has 2 aromatic rings. The maximum atomic E-state index is 12.5. The highest BCUT2D eigenvalue weighted by Gasteiger charge is 2.26. The van der Waals surface area contributed by atoms with E-state index in [1.165, 1.54) is 12.8 Å². The molecule has 124 valence electrons. The van der Waals surface area contributed by atoms with Crippen LogP contribution >= 0.6 is 15.9 Å². The Morgan fingerprint density at radius 1 is 0.958 bits per heavy atom. The van der Waals surface area contributed by atoms with Crippen LogP contribution in [0.4, 0.5) is 5.82 Å². The molecule has 6 heteroatoms. The standard InChI is InChI=1S/C18H19BrN4O/c19-15-5-3-14(4-6-15)18(24)23-11-9-22(10-12-23)17-8-7-16(20-21-17)13-1-2-13/h3-8,13H,1-2,9-12H2. The van der Waals surface area contributed by atoms with Crippen molar-refractivity contribution in [1.29, 1.82) is 0 Å². The summed E-state index contributed by atoms with van der Waals surface area (Å²) in [5, 5.41) is 8.72. The molecule has 0 radical (unpaired) electrons. The van der Waals surface area contributed by atoms with Gasteiger partial charge in [-0.1, -0.05) is 15.9 Å². The van der Waals surface area contributed by atoms with E-state index in [9.17, 15) is 4.79 Å². The van der Waals surface area contributed by atoms with E-state index in [-0.39, 0.29) is 5.91 Å². The van der Waals surface area contributed by atoms with Crippen LogP contribution in [0.3, 0.4) is 0 Å². The predicted molar refractivity (Wildman–Crippen MR) is 96.3 cm³/mol. The Hall–Kier alpha value is -1.95. The minimum absolute atomic E-state index is 0.0947. The van der Waals surface area contributed by atoms with Crippen molar-refractivity contribution in [2.75, 3.05) is 31.1 Å². The molecule has 0 bridgehead atoms. The second kappa shape index (κ2) is 6.51. The lowest BCUT2D eigenvalue weighted by atomic mass is 10.2. The van der Waals surface area contributed by atoms with Gasteiger partial charge < -0.3 is 9.80 Å². The molecule has 1 aliphatic heterocycles. The topological polar surface area (TPSA) is 49.3 Å². The normalized spacial score (nSPS) is 17.9. The number of anilines is 1.